The number of pyridine rings is 1. The van der Waals surface area contributed by atoms with Gasteiger partial charge in [-0.2, -0.15) is 0 Å². The number of aryl methyl sites for hydroxylation is 1. The fourth-order valence-electron chi connectivity index (χ4n) is 2.17. The number of para-hydroxylation sites is 1. The minimum atomic E-state index is 0. The average Bonchev–Trinajstić information content (AvgIpc) is 2.61. The van der Waals surface area contributed by atoms with E-state index < -0.39 is 0 Å². The van der Waals surface area contributed by atoms with E-state index in [4.69, 9.17) is 4.74 Å². The lowest BCUT2D eigenvalue weighted by atomic mass is 10.2. The molecule has 1 heterocycles. The summed E-state index contributed by atoms with van der Waals surface area (Å²) in [6, 6.07) is 13.9. The van der Waals surface area contributed by atoms with Crippen molar-refractivity contribution in [2.75, 3.05) is 19.7 Å². The highest BCUT2D eigenvalue weighted by atomic mass is 127. The van der Waals surface area contributed by atoms with Crippen LogP contribution in [0.1, 0.15) is 24.6 Å². The van der Waals surface area contributed by atoms with E-state index in [2.05, 4.69) is 40.5 Å². The Morgan fingerprint density at radius 1 is 1.12 bits per heavy atom. The number of hydrogen-bond acceptors (Lipinski definition) is 3. The van der Waals surface area contributed by atoms with Crippen molar-refractivity contribution in [2.45, 2.75) is 26.8 Å². The zero-order valence-corrected chi connectivity index (χ0v) is 17.2. The van der Waals surface area contributed by atoms with Gasteiger partial charge in [-0.1, -0.05) is 24.3 Å². The molecule has 1 aromatic heterocycles. The minimum Gasteiger partial charge on any atom is -0.493 e. The Kier molecular flexibility index (Phi) is 10.6. The van der Waals surface area contributed by atoms with Crippen molar-refractivity contribution in [3.63, 3.8) is 0 Å². The molecule has 0 saturated heterocycles. The predicted octanol–water partition coefficient (Wildman–Crippen LogP) is 3.53. The quantitative estimate of drug-likeness (QED) is 0.277. The molecular formula is C19H27IN4O. The summed E-state index contributed by atoms with van der Waals surface area (Å²) in [4.78, 5) is 8.82. The Balaban J connectivity index is 0.00000312. The molecule has 0 aliphatic heterocycles. The Labute approximate surface area is 167 Å². The third-order valence-corrected chi connectivity index (χ3v) is 3.43. The van der Waals surface area contributed by atoms with Crippen LogP contribution in [0, 0.1) is 6.92 Å². The van der Waals surface area contributed by atoms with Gasteiger partial charge in [0.05, 0.1) is 18.8 Å². The number of guanidine groups is 1. The van der Waals surface area contributed by atoms with Crippen molar-refractivity contribution < 1.29 is 4.74 Å². The number of rotatable bonds is 8. The molecule has 0 aliphatic rings. The normalized spacial score (nSPS) is 10.7. The van der Waals surface area contributed by atoms with Gasteiger partial charge in [0.25, 0.3) is 0 Å². The number of halogens is 1. The SMILES string of the molecule is CCNC(=NCc1ccccn1)NCCCOc1ccccc1C.I. The molecule has 0 fully saturated rings. The van der Waals surface area contributed by atoms with E-state index in [0.717, 1.165) is 42.5 Å². The Hall–Kier alpha value is -1.83. The van der Waals surface area contributed by atoms with Gasteiger partial charge >= 0.3 is 0 Å². The van der Waals surface area contributed by atoms with Gasteiger partial charge in [0.15, 0.2) is 5.96 Å². The molecule has 25 heavy (non-hydrogen) atoms. The summed E-state index contributed by atoms with van der Waals surface area (Å²) in [6.45, 7) is 6.99. The van der Waals surface area contributed by atoms with Crippen molar-refractivity contribution in [3.05, 3.63) is 59.9 Å². The molecule has 0 aliphatic carbocycles. The zero-order valence-electron chi connectivity index (χ0n) is 14.9. The number of hydrogen-bond donors (Lipinski definition) is 2. The summed E-state index contributed by atoms with van der Waals surface area (Å²) in [6.07, 6.45) is 2.69. The zero-order chi connectivity index (χ0) is 17.0. The van der Waals surface area contributed by atoms with E-state index in [-0.39, 0.29) is 24.0 Å². The fourth-order valence-corrected chi connectivity index (χ4v) is 2.17. The third-order valence-electron chi connectivity index (χ3n) is 3.43. The van der Waals surface area contributed by atoms with Crippen LogP contribution in [0.3, 0.4) is 0 Å². The maximum atomic E-state index is 5.80. The number of nitrogens with one attached hydrogen (secondary N) is 2. The smallest absolute Gasteiger partial charge is 0.191 e. The number of aliphatic imine (C=N–C) groups is 1. The molecule has 0 amide bonds. The first-order valence-electron chi connectivity index (χ1n) is 8.40. The van der Waals surface area contributed by atoms with Crippen LogP contribution in [0.4, 0.5) is 0 Å². The lowest BCUT2D eigenvalue weighted by molar-refractivity contribution is 0.309. The largest absolute Gasteiger partial charge is 0.493 e. The van der Waals surface area contributed by atoms with Crippen LogP contribution in [0.5, 0.6) is 5.75 Å². The maximum Gasteiger partial charge on any atom is 0.191 e. The van der Waals surface area contributed by atoms with Gasteiger partial charge in [0, 0.05) is 19.3 Å². The molecule has 5 nitrogen and oxygen atoms in total. The molecule has 6 heteroatoms. The van der Waals surface area contributed by atoms with E-state index >= 15 is 0 Å². The van der Waals surface area contributed by atoms with Crippen molar-refractivity contribution >= 4 is 29.9 Å². The van der Waals surface area contributed by atoms with Gasteiger partial charge in [-0.3, -0.25) is 4.98 Å². The van der Waals surface area contributed by atoms with Crippen LogP contribution in [0.2, 0.25) is 0 Å². The van der Waals surface area contributed by atoms with Gasteiger partial charge in [0.2, 0.25) is 0 Å². The molecule has 0 unspecified atom stereocenters. The Bertz CT molecular complexity index is 634. The lowest BCUT2D eigenvalue weighted by Gasteiger charge is -2.12. The summed E-state index contributed by atoms with van der Waals surface area (Å²) in [5, 5.41) is 6.56. The summed E-state index contributed by atoms with van der Waals surface area (Å²) in [7, 11) is 0. The van der Waals surface area contributed by atoms with E-state index in [1.54, 1.807) is 6.20 Å². The van der Waals surface area contributed by atoms with Gasteiger partial charge in [0.1, 0.15) is 5.75 Å². The summed E-state index contributed by atoms with van der Waals surface area (Å²) in [5.74, 6) is 1.76. The van der Waals surface area contributed by atoms with E-state index in [0.29, 0.717) is 13.2 Å². The molecule has 0 saturated carbocycles. The van der Waals surface area contributed by atoms with E-state index in [9.17, 15) is 0 Å². The van der Waals surface area contributed by atoms with Crippen molar-refractivity contribution in [2.24, 2.45) is 4.99 Å². The molecule has 0 spiro atoms. The number of nitrogens with zero attached hydrogens (tertiary/aromatic N) is 2. The molecule has 2 N–H and O–H groups in total. The highest BCUT2D eigenvalue weighted by molar-refractivity contribution is 14.0. The molecule has 0 radical (unpaired) electrons. The summed E-state index contributed by atoms with van der Waals surface area (Å²) < 4.78 is 5.80. The van der Waals surface area contributed by atoms with Crippen LogP contribution < -0.4 is 15.4 Å². The Morgan fingerprint density at radius 3 is 2.64 bits per heavy atom. The number of benzene rings is 1. The molecule has 0 bridgehead atoms. The summed E-state index contributed by atoms with van der Waals surface area (Å²) >= 11 is 0. The van der Waals surface area contributed by atoms with Gasteiger partial charge < -0.3 is 15.4 Å². The topological polar surface area (TPSA) is 58.5 Å². The second-order valence-corrected chi connectivity index (χ2v) is 5.41. The molecule has 1 aromatic carbocycles. The molecule has 0 atom stereocenters. The Morgan fingerprint density at radius 2 is 1.92 bits per heavy atom. The molecule has 2 aromatic rings. The van der Waals surface area contributed by atoms with Crippen LogP contribution in [-0.4, -0.2) is 30.6 Å². The fraction of sp³-hybridized carbons (Fsp3) is 0.368. The standard InChI is InChI=1S/C19H26N4O.HI/c1-3-20-19(23-15-17-10-6-7-12-21-17)22-13-8-14-24-18-11-5-4-9-16(18)2;/h4-7,9-12H,3,8,13-15H2,1-2H3,(H2,20,22,23);1H. The van der Waals surface area contributed by atoms with Gasteiger partial charge in [-0.25, -0.2) is 4.99 Å². The first-order chi connectivity index (χ1) is 11.8. The number of aromatic nitrogens is 1. The van der Waals surface area contributed by atoms with Crippen molar-refractivity contribution in [1.29, 1.82) is 0 Å². The highest BCUT2D eigenvalue weighted by Gasteiger charge is 2.00. The van der Waals surface area contributed by atoms with E-state index in [1.165, 1.54) is 0 Å². The average molecular weight is 454 g/mol. The molecule has 136 valence electrons. The van der Waals surface area contributed by atoms with Gasteiger partial charge in [-0.15, -0.1) is 24.0 Å². The second-order valence-electron chi connectivity index (χ2n) is 5.41. The predicted molar refractivity (Wildman–Crippen MR) is 114 cm³/mol. The van der Waals surface area contributed by atoms with Crippen LogP contribution in [-0.2, 0) is 6.54 Å². The maximum absolute atomic E-state index is 5.80. The van der Waals surface area contributed by atoms with Crippen LogP contribution in [0.15, 0.2) is 53.7 Å². The monoisotopic (exact) mass is 454 g/mol. The van der Waals surface area contributed by atoms with Crippen LogP contribution in [0.25, 0.3) is 0 Å². The summed E-state index contributed by atoms with van der Waals surface area (Å²) in [5.41, 5.74) is 2.12. The lowest BCUT2D eigenvalue weighted by Crippen LogP contribution is -2.38. The van der Waals surface area contributed by atoms with Crippen molar-refractivity contribution in [3.8, 4) is 5.75 Å². The van der Waals surface area contributed by atoms with Crippen LogP contribution >= 0.6 is 24.0 Å². The minimum absolute atomic E-state index is 0. The first kappa shape index (κ1) is 21.2. The molecular weight excluding hydrogens is 427 g/mol. The first-order valence-corrected chi connectivity index (χ1v) is 8.40. The number of ether oxygens (including phenoxy) is 1. The molecule has 2 rings (SSSR count). The highest BCUT2D eigenvalue weighted by Crippen LogP contribution is 2.15. The third kappa shape index (κ3) is 8.20. The van der Waals surface area contributed by atoms with Gasteiger partial charge in [-0.05, 0) is 44.0 Å². The van der Waals surface area contributed by atoms with E-state index in [1.807, 2.05) is 36.4 Å². The second kappa shape index (κ2) is 12.5. The van der Waals surface area contributed by atoms with Crippen molar-refractivity contribution in [1.82, 2.24) is 15.6 Å².